The van der Waals surface area contributed by atoms with Gasteiger partial charge in [-0.05, 0) is 34.5 Å². The van der Waals surface area contributed by atoms with Gasteiger partial charge in [-0.3, -0.25) is 0 Å². The van der Waals surface area contributed by atoms with Gasteiger partial charge in [0.2, 0.25) is 0 Å². The van der Waals surface area contributed by atoms with Gasteiger partial charge in [-0.1, -0.05) is 17.9 Å². The predicted octanol–water partition coefficient (Wildman–Crippen LogP) is 2.71. The maximum absolute atomic E-state index is 13.3. The summed E-state index contributed by atoms with van der Waals surface area (Å²) in [4.78, 5) is 0. The first kappa shape index (κ1) is 11.2. The molecule has 0 saturated heterocycles. The van der Waals surface area contributed by atoms with E-state index in [-0.39, 0.29) is 12.4 Å². The lowest BCUT2D eigenvalue weighted by molar-refractivity contribution is 0.290. The first-order chi connectivity index (χ1) is 6.75. The summed E-state index contributed by atoms with van der Waals surface area (Å²) in [7, 11) is 0. The molecule has 0 bridgehead atoms. The summed E-state index contributed by atoms with van der Waals surface area (Å²) in [5, 5.41) is 8.51. The molecule has 14 heavy (non-hydrogen) atoms. The number of hydrogen-bond donors (Lipinski definition) is 1. The van der Waals surface area contributed by atoms with Gasteiger partial charge in [-0.2, -0.15) is 0 Å². The highest BCUT2D eigenvalue weighted by atomic mass is 79.9. The average molecular weight is 257 g/mol. The molecule has 0 atom stereocenters. The number of halogens is 2. The minimum absolute atomic E-state index is 0.121. The molecule has 0 unspecified atom stereocenters. The van der Waals surface area contributed by atoms with Gasteiger partial charge in [0.05, 0.1) is 10.0 Å². The van der Waals surface area contributed by atoms with Crippen LogP contribution in [0.3, 0.4) is 0 Å². The van der Waals surface area contributed by atoms with E-state index in [9.17, 15) is 4.39 Å². The van der Waals surface area contributed by atoms with Crippen molar-refractivity contribution in [3.05, 3.63) is 34.1 Å². The van der Waals surface area contributed by atoms with E-state index in [0.29, 0.717) is 22.9 Å². The van der Waals surface area contributed by atoms with Crippen LogP contribution < -0.4 is 0 Å². The second-order valence-electron chi connectivity index (χ2n) is 2.73. The van der Waals surface area contributed by atoms with Crippen LogP contribution in [0.25, 0.3) is 0 Å². The van der Waals surface area contributed by atoms with Crippen molar-refractivity contribution in [3.63, 3.8) is 0 Å². The number of unbranched alkanes of at least 4 members (excludes halogenated alkanes) is 1. The molecule has 0 heterocycles. The Bertz CT molecular complexity index is 365. The molecule has 1 rings (SSSR count). The van der Waals surface area contributed by atoms with Gasteiger partial charge in [-0.15, -0.1) is 0 Å². The average Bonchev–Trinajstić information content (AvgIpc) is 2.19. The molecule has 3 heteroatoms. The van der Waals surface area contributed by atoms with Crippen LogP contribution in [0.5, 0.6) is 0 Å². The molecule has 0 amide bonds. The van der Waals surface area contributed by atoms with Crippen molar-refractivity contribution in [1.82, 2.24) is 0 Å². The van der Waals surface area contributed by atoms with Gasteiger partial charge in [0.15, 0.2) is 5.82 Å². The van der Waals surface area contributed by atoms with Gasteiger partial charge in [0.25, 0.3) is 0 Å². The van der Waals surface area contributed by atoms with Crippen molar-refractivity contribution < 1.29 is 9.50 Å². The summed E-state index contributed by atoms with van der Waals surface area (Å²) in [6, 6.07) is 5.00. The number of benzene rings is 1. The number of hydrogen-bond acceptors (Lipinski definition) is 1. The van der Waals surface area contributed by atoms with E-state index in [1.54, 1.807) is 18.2 Å². The molecule has 1 aromatic rings. The summed E-state index contributed by atoms with van der Waals surface area (Å²) < 4.78 is 13.7. The first-order valence-electron chi connectivity index (χ1n) is 4.29. The van der Waals surface area contributed by atoms with E-state index in [4.69, 9.17) is 5.11 Å². The third kappa shape index (κ3) is 3.13. The van der Waals surface area contributed by atoms with Crippen LogP contribution in [0.2, 0.25) is 0 Å². The van der Waals surface area contributed by atoms with Crippen molar-refractivity contribution in [2.75, 3.05) is 6.61 Å². The molecule has 1 nitrogen and oxygen atoms in total. The van der Waals surface area contributed by atoms with Crippen molar-refractivity contribution >= 4 is 15.9 Å². The van der Waals surface area contributed by atoms with E-state index in [1.807, 2.05) is 0 Å². The normalized spacial score (nSPS) is 9.36. The molecule has 0 aliphatic heterocycles. The maximum Gasteiger partial charge on any atom is 0.152 e. The van der Waals surface area contributed by atoms with Crippen molar-refractivity contribution in [3.8, 4) is 11.8 Å². The minimum atomic E-state index is -0.330. The molecule has 0 aliphatic rings. The van der Waals surface area contributed by atoms with Gasteiger partial charge in [0.1, 0.15) is 0 Å². The largest absolute Gasteiger partial charge is 0.396 e. The Kier molecular flexibility index (Phi) is 4.64. The third-order valence-electron chi connectivity index (χ3n) is 1.63. The smallest absolute Gasteiger partial charge is 0.152 e. The molecule has 0 aliphatic carbocycles. The molecule has 1 aromatic carbocycles. The molecule has 0 aromatic heterocycles. The minimum Gasteiger partial charge on any atom is -0.396 e. The summed E-state index contributed by atoms with van der Waals surface area (Å²) >= 11 is 3.09. The van der Waals surface area contributed by atoms with E-state index in [0.717, 1.165) is 0 Å². The Hall–Kier alpha value is -0.850. The highest BCUT2D eigenvalue weighted by Gasteiger charge is 2.01. The van der Waals surface area contributed by atoms with E-state index in [1.165, 1.54) is 0 Å². The van der Waals surface area contributed by atoms with Gasteiger partial charge in [-0.25, -0.2) is 4.39 Å². The predicted molar refractivity (Wildman–Crippen MR) is 57.3 cm³/mol. The Balaban J connectivity index is 2.74. The van der Waals surface area contributed by atoms with Gasteiger partial charge >= 0.3 is 0 Å². The summed E-state index contributed by atoms with van der Waals surface area (Å²) in [5.41, 5.74) is 0.386. The molecule has 74 valence electrons. The Morgan fingerprint density at radius 3 is 2.93 bits per heavy atom. The lowest BCUT2D eigenvalue weighted by Gasteiger charge is -1.95. The Labute approximate surface area is 91.1 Å². The SMILES string of the molecule is OCCCC#Cc1cccc(Br)c1F. The van der Waals surface area contributed by atoms with E-state index in [2.05, 4.69) is 27.8 Å². The number of rotatable bonds is 2. The Morgan fingerprint density at radius 2 is 2.21 bits per heavy atom. The zero-order valence-corrected chi connectivity index (χ0v) is 9.14. The summed E-state index contributed by atoms with van der Waals surface area (Å²) in [5.74, 6) is 5.19. The third-order valence-corrected chi connectivity index (χ3v) is 2.25. The quantitative estimate of drug-likeness (QED) is 0.638. The zero-order valence-electron chi connectivity index (χ0n) is 7.56. The van der Waals surface area contributed by atoms with E-state index >= 15 is 0 Å². The fourth-order valence-electron chi connectivity index (χ4n) is 0.926. The highest BCUT2D eigenvalue weighted by molar-refractivity contribution is 9.10. The molecule has 0 fully saturated rings. The van der Waals surface area contributed by atoms with Crippen LogP contribution in [0.15, 0.2) is 22.7 Å². The molecular formula is C11H10BrFO. The van der Waals surface area contributed by atoms with E-state index < -0.39 is 0 Å². The second kappa shape index (κ2) is 5.79. The monoisotopic (exact) mass is 256 g/mol. The van der Waals surface area contributed by atoms with Crippen molar-refractivity contribution in [2.24, 2.45) is 0 Å². The molecular weight excluding hydrogens is 247 g/mol. The Morgan fingerprint density at radius 1 is 1.43 bits per heavy atom. The van der Waals surface area contributed by atoms with Gasteiger partial charge in [0, 0.05) is 13.0 Å². The fraction of sp³-hybridized carbons (Fsp3) is 0.273. The second-order valence-corrected chi connectivity index (χ2v) is 3.58. The first-order valence-corrected chi connectivity index (χ1v) is 5.08. The van der Waals surface area contributed by atoms with Crippen LogP contribution in [0.4, 0.5) is 4.39 Å². The molecule has 0 spiro atoms. The van der Waals surface area contributed by atoms with Gasteiger partial charge < -0.3 is 5.11 Å². The fourth-order valence-corrected chi connectivity index (χ4v) is 1.29. The van der Waals surface area contributed by atoms with Crippen molar-refractivity contribution in [2.45, 2.75) is 12.8 Å². The lowest BCUT2D eigenvalue weighted by Crippen LogP contribution is -1.84. The van der Waals surface area contributed by atoms with Crippen molar-refractivity contribution in [1.29, 1.82) is 0 Å². The molecule has 0 radical (unpaired) electrons. The van der Waals surface area contributed by atoms with Crippen LogP contribution >= 0.6 is 15.9 Å². The number of aliphatic hydroxyl groups is 1. The summed E-state index contributed by atoms with van der Waals surface area (Å²) in [6.45, 7) is 0.121. The van der Waals surface area contributed by atoms with Crippen LogP contribution in [-0.2, 0) is 0 Å². The van der Waals surface area contributed by atoms with Crippen LogP contribution in [-0.4, -0.2) is 11.7 Å². The molecule has 1 N–H and O–H groups in total. The zero-order chi connectivity index (χ0) is 10.4. The molecule has 0 saturated carbocycles. The lowest BCUT2D eigenvalue weighted by atomic mass is 10.2. The topological polar surface area (TPSA) is 20.2 Å². The van der Waals surface area contributed by atoms with Crippen LogP contribution in [0, 0.1) is 17.7 Å². The maximum atomic E-state index is 13.3. The summed E-state index contributed by atoms with van der Waals surface area (Å²) in [6.07, 6.45) is 1.21. The standard InChI is InChI=1S/C11H10BrFO/c12-10-7-4-6-9(11(10)13)5-2-1-3-8-14/h4,6-7,14H,1,3,8H2. The van der Waals surface area contributed by atoms with Crippen LogP contribution in [0.1, 0.15) is 18.4 Å². The highest BCUT2D eigenvalue weighted by Crippen LogP contribution is 2.17. The number of aliphatic hydroxyl groups excluding tert-OH is 1.